The van der Waals surface area contributed by atoms with Crippen molar-refractivity contribution in [2.75, 3.05) is 11.9 Å². The van der Waals surface area contributed by atoms with Crippen LogP contribution >= 0.6 is 0 Å². The first-order valence-corrected chi connectivity index (χ1v) is 6.56. The summed E-state index contributed by atoms with van der Waals surface area (Å²) in [7, 11) is 0. The van der Waals surface area contributed by atoms with E-state index < -0.39 is 0 Å². The van der Waals surface area contributed by atoms with Gasteiger partial charge >= 0.3 is 0 Å². The van der Waals surface area contributed by atoms with Gasteiger partial charge in [0.2, 0.25) is 0 Å². The number of anilines is 1. The number of aryl methyl sites for hydroxylation is 2. The van der Waals surface area contributed by atoms with Gasteiger partial charge in [-0.2, -0.15) is 0 Å². The van der Waals surface area contributed by atoms with Gasteiger partial charge in [0.1, 0.15) is 5.82 Å². The highest BCUT2D eigenvalue weighted by Crippen LogP contribution is 2.20. The van der Waals surface area contributed by atoms with Gasteiger partial charge in [-0.25, -0.2) is 4.98 Å². The molecule has 1 aromatic rings. The summed E-state index contributed by atoms with van der Waals surface area (Å²) in [5, 5.41) is 3.37. The van der Waals surface area contributed by atoms with Gasteiger partial charge in [-0.1, -0.05) is 6.07 Å². The third-order valence-electron chi connectivity index (χ3n) is 3.21. The van der Waals surface area contributed by atoms with Crippen LogP contribution in [-0.2, 0) is 12.8 Å². The average molecular weight is 233 g/mol. The molecule has 0 saturated carbocycles. The minimum atomic E-state index is -0.0630. The monoisotopic (exact) mass is 233 g/mol. The zero-order valence-corrected chi connectivity index (χ0v) is 10.9. The molecule has 2 heterocycles. The number of pyridine rings is 1. The first-order valence-electron chi connectivity index (χ1n) is 6.56. The summed E-state index contributed by atoms with van der Waals surface area (Å²) in [6, 6.07) is 4.38. The van der Waals surface area contributed by atoms with E-state index in [1.54, 1.807) is 0 Å². The van der Waals surface area contributed by atoms with E-state index in [1.165, 1.54) is 17.7 Å². The Kier molecular flexibility index (Phi) is 3.67. The van der Waals surface area contributed by atoms with Crippen LogP contribution in [0, 0.1) is 0 Å². The second-order valence-corrected chi connectivity index (χ2v) is 5.68. The number of hydrogen-bond acceptors (Lipinski definition) is 3. The fourth-order valence-electron chi connectivity index (χ4n) is 2.23. The summed E-state index contributed by atoms with van der Waals surface area (Å²) in [6.45, 7) is 5.21. The molecule has 0 saturated heterocycles. The van der Waals surface area contributed by atoms with Crippen LogP contribution in [0.2, 0.25) is 0 Å². The highest BCUT2D eigenvalue weighted by atomic mass is 15.0. The Hall–Kier alpha value is -1.09. The first-order chi connectivity index (χ1) is 8.04. The molecule has 3 nitrogen and oxygen atoms in total. The molecule has 0 aliphatic carbocycles. The van der Waals surface area contributed by atoms with Crippen LogP contribution < -0.4 is 11.1 Å². The van der Waals surface area contributed by atoms with Crippen molar-refractivity contribution < 1.29 is 0 Å². The molecule has 1 aliphatic heterocycles. The van der Waals surface area contributed by atoms with Crippen LogP contribution in [0.3, 0.4) is 0 Å². The summed E-state index contributed by atoms with van der Waals surface area (Å²) < 4.78 is 0. The number of rotatable bonds is 4. The van der Waals surface area contributed by atoms with Crippen molar-refractivity contribution in [3.05, 3.63) is 23.4 Å². The van der Waals surface area contributed by atoms with Crippen molar-refractivity contribution in [3.63, 3.8) is 0 Å². The van der Waals surface area contributed by atoms with Gasteiger partial charge < -0.3 is 11.1 Å². The number of aromatic nitrogens is 1. The quantitative estimate of drug-likeness (QED) is 0.840. The number of nitrogens with one attached hydrogen (secondary N) is 1. The minimum Gasteiger partial charge on any atom is -0.370 e. The smallest absolute Gasteiger partial charge is 0.129 e. The Bertz CT molecular complexity index is 380. The molecule has 94 valence electrons. The second-order valence-electron chi connectivity index (χ2n) is 5.68. The average Bonchev–Trinajstić information content (AvgIpc) is 2.27. The standard InChI is InChI=1S/C14H23N3/c1-14(2,15)9-3-6-12-8-7-11-5-4-10-16-13(11)17-12/h7-8H,3-6,9-10,15H2,1-2H3,(H,16,17). The van der Waals surface area contributed by atoms with Crippen LogP contribution in [0.5, 0.6) is 0 Å². The zero-order valence-electron chi connectivity index (χ0n) is 10.9. The van der Waals surface area contributed by atoms with E-state index in [0.29, 0.717) is 0 Å². The highest BCUT2D eigenvalue weighted by Gasteiger charge is 2.12. The van der Waals surface area contributed by atoms with Crippen molar-refractivity contribution in [1.29, 1.82) is 0 Å². The van der Waals surface area contributed by atoms with Gasteiger partial charge in [0.15, 0.2) is 0 Å². The van der Waals surface area contributed by atoms with Crippen molar-refractivity contribution in [1.82, 2.24) is 4.98 Å². The lowest BCUT2D eigenvalue weighted by Gasteiger charge is -2.19. The number of nitrogens with zero attached hydrogens (tertiary/aromatic N) is 1. The largest absolute Gasteiger partial charge is 0.370 e. The predicted octanol–water partition coefficient (Wildman–Crippen LogP) is 2.50. The highest BCUT2D eigenvalue weighted by molar-refractivity contribution is 5.46. The molecule has 3 heteroatoms. The Balaban J connectivity index is 1.93. The van der Waals surface area contributed by atoms with Gasteiger partial charge in [0.25, 0.3) is 0 Å². The summed E-state index contributed by atoms with van der Waals surface area (Å²) in [4.78, 5) is 4.68. The van der Waals surface area contributed by atoms with Crippen LogP contribution in [-0.4, -0.2) is 17.1 Å². The van der Waals surface area contributed by atoms with Crippen molar-refractivity contribution in [2.24, 2.45) is 5.73 Å². The topological polar surface area (TPSA) is 50.9 Å². The molecular formula is C14H23N3. The Labute approximate surface area is 104 Å². The molecule has 0 fully saturated rings. The Morgan fingerprint density at radius 3 is 3.00 bits per heavy atom. The first kappa shape index (κ1) is 12.4. The maximum atomic E-state index is 5.98. The van der Waals surface area contributed by atoms with Gasteiger partial charge in [0, 0.05) is 17.8 Å². The molecule has 17 heavy (non-hydrogen) atoms. The molecule has 0 amide bonds. The third kappa shape index (κ3) is 3.70. The second kappa shape index (κ2) is 5.05. The molecule has 0 radical (unpaired) electrons. The van der Waals surface area contributed by atoms with E-state index in [2.05, 4.69) is 36.3 Å². The molecule has 0 bridgehead atoms. The van der Waals surface area contributed by atoms with E-state index in [1.807, 2.05) is 0 Å². The number of nitrogens with two attached hydrogens (primary N) is 1. The van der Waals surface area contributed by atoms with E-state index in [0.717, 1.165) is 38.0 Å². The van der Waals surface area contributed by atoms with Crippen molar-refractivity contribution >= 4 is 5.82 Å². The molecule has 1 aromatic heterocycles. The van der Waals surface area contributed by atoms with Gasteiger partial charge in [-0.15, -0.1) is 0 Å². The molecule has 2 rings (SSSR count). The lowest BCUT2D eigenvalue weighted by molar-refractivity contribution is 0.458. The fraction of sp³-hybridized carbons (Fsp3) is 0.643. The van der Waals surface area contributed by atoms with Crippen molar-refractivity contribution in [2.45, 2.75) is 51.5 Å². The van der Waals surface area contributed by atoms with Crippen LogP contribution in [0.15, 0.2) is 12.1 Å². The maximum absolute atomic E-state index is 5.98. The van der Waals surface area contributed by atoms with Crippen LogP contribution in [0.25, 0.3) is 0 Å². The lowest BCUT2D eigenvalue weighted by atomic mass is 9.98. The number of fused-ring (bicyclic) bond motifs is 1. The minimum absolute atomic E-state index is 0.0630. The lowest BCUT2D eigenvalue weighted by Crippen LogP contribution is -2.31. The normalized spacial score (nSPS) is 15.2. The molecule has 0 spiro atoms. The molecule has 0 atom stereocenters. The summed E-state index contributed by atoms with van der Waals surface area (Å²) >= 11 is 0. The van der Waals surface area contributed by atoms with E-state index >= 15 is 0 Å². The Morgan fingerprint density at radius 1 is 1.41 bits per heavy atom. The van der Waals surface area contributed by atoms with Gasteiger partial charge in [-0.05, 0) is 57.6 Å². The molecule has 3 N–H and O–H groups in total. The van der Waals surface area contributed by atoms with Crippen LogP contribution in [0.4, 0.5) is 5.82 Å². The van der Waals surface area contributed by atoms with E-state index in [4.69, 9.17) is 5.73 Å². The van der Waals surface area contributed by atoms with Gasteiger partial charge in [0.05, 0.1) is 0 Å². The maximum Gasteiger partial charge on any atom is 0.129 e. The van der Waals surface area contributed by atoms with E-state index in [9.17, 15) is 0 Å². The summed E-state index contributed by atoms with van der Waals surface area (Å²) in [5.41, 5.74) is 8.46. The number of hydrogen-bond donors (Lipinski definition) is 2. The van der Waals surface area contributed by atoms with E-state index in [-0.39, 0.29) is 5.54 Å². The molecule has 0 unspecified atom stereocenters. The third-order valence-corrected chi connectivity index (χ3v) is 3.21. The predicted molar refractivity (Wildman–Crippen MR) is 72.3 cm³/mol. The fourth-order valence-corrected chi connectivity index (χ4v) is 2.23. The Morgan fingerprint density at radius 2 is 2.24 bits per heavy atom. The molecular weight excluding hydrogens is 210 g/mol. The van der Waals surface area contributed by atoms with Crippen molar-refractivity contribution in [3.8, 4) is 0 Å². The SMILES string of the molecule is CC(C)(N)CCCc1ccc2c(n1)NCCC2. The zero-order chi connectivity index (χ0) is 12.3. The summed E-state index contributed by atoms with van der Waals surface area (Å²) in [6.07, 6.45) is 5.55. The summed E-state index contributed by atoms with van der Waals surface area (Å²) in [5.74, 6) is 1.10. The molecule has 1 aliphatic rings. The van der Waals surface area contributed by atoms with Gasteiger partial charge in [-0.3, -0.25) is 0 Å². The molecule has 0 aromatic carbocycles. The van der Waals surface area contributed by atoms with Crippen LogP contribution in [0.1, 0.15) is 44.4 Å².